The lowest BCUT2D eigenvalue weighted by Crippen LogP contribution is -2.44. The van der Waals surface area contributed by atoms with E-state index in [0.29, 0.717) is 12.5 Å². The van der Waals surface area contributed by atoms with Crippen molar-refractivity contribution in [1.82, 2.24) is 19.9 Å². The Labute approximate surface area is 181 Å². The summed E-state index contributed by atoms with van der Waals surface area (Å²) in [6.07, 6.45) is 3.01. The summed E-state index contributed by atoms with van der Waals surface area (Å²) in [5.74, 6) is 2.25. The number of nitrogens with zero attached hydrogens (tertiary/aromatic N) is 3. The molecule has 1 unspecified atom stereocenters. The van der Waals surface area contributed by atoms with Crippen LogP contribution >= 0.6 is 0 Å². The molecule has 2 saturated heterocycles. The molecule has 0 bridgehead atoms. The quantitative estimate of drug-likeness (QED) is 0.534. The van der Waals surface area contributed by atoms with Gasteiger partial charge in [-0.15, -0.1) is 0 Å². The zero-order valence-electron chi connectivity index (χ0n) is 17.7. The van der Waals surface area contributed by atoms with E-state index in [1.807, 2.05) is 18.5 Å². The molecule has 158 valence electrons. The molecule has 0 spiro atoms. The van der Waals surface area contributed by atoms with E-state index in [4.69, 9.17) is 14.5 Å². The van der Waals surface area contributed by atoms with E-state index in [1.54, 1.807) is 0 Å². The normalized spacial score (nSPS) is 20.2. The first-order chi connectivity index (χ1) is 15.2. The minimum atomic E-state index is 0.121. The van der Waals surface area contributed by atoms with E-state index >= 15 is 0 Å². The van der Waals surface area contributed by atoms with E-state index < -0.39 is 0 Å². The Morgan fingerprint density at radius 1 is 1.19 bits per heavy atom. The molecule has 6 heteroatoms. The maximum absolute atomic E-state index is 6.02. The van der Waals surface area contributed by atoms with Gasteiger partial charge < -0.3 is 14.8 Å². The second-order valence-electron chi connectivity index (χ2n) is 9.14. The van der Waals surface area contributed by atoms with Crippen molar-refractivity contribution in [3.8, 4) is 11.6 Å². The van der Waals surface area contributed by atoms with Gasteiger partial charge in [-0.3, -0.25) is 4.57 Å². The summed E-state index contributed by atoms with van der Waals surface area (Å²) < 4.78 is 13.4. The smallest absolute Gasteiger partial charge is 0.139 e. The molecule has 2 fully saturated rings. The van der Waals surface area contributed by atoms with Gasteiger partial charge in [-0.1, -0.05) is 25.1 Å². The van der Waals surface area contributed by atoms with E-state index in [-0.39, 0.29) is 5.41 Å². The number of imidazole rings is 1. The van der Waals surface area contributed by atoms with E-state index in [0.717, 1.165) is 60.8 Å². The van der Waals surface area contributed by atoms with Crippen LogP contribution in [0.4, 0.5) is 0 Å². The van der Waals surface area contributed by atoms with Crippen LogP contribution in [0.3, 0.4) is 0 Å². The summed E-state index contributed by atoms with van der Waals surface area (Å²) in [7, 11) is 0. The predicted octanol–water partition coefficient (Wildman–Crippen LogP) is 4.07. The molecule has 2 aliphatic heterocycles. The molecule has 0 radical (unpaired) electrons. The average molecular weight is 415 g/mol. The van der Waals surface area contributed by atoms with Crippen LogP contribution in [0.5, 0.6) is 5.75 Å². The lowest BCUT2D eigenvalue weighted by Gasteiger charge is -2.37. The van der Waals surface area contributed by atoms with Crippen LogP contribution < -0.4 is 10.1 Å². The Kier molecular flexibility index (Phi) is 4.44. The standard InChI is InChI=1S/C25H26N4O2/c1-25(13-30-14-25)15-31-19-6-7-22-21(11-19)27-16-29(22)23-8-5-17-3-2-4-20(24(17)28-23)18-9-10-26-12-18/h2-8,11,16,18,26H,9-10,12-15H2,1H3. The fourth-order valence-corrected chi connectivity index (χ4v) is 4.60. The minimum Gasteiger partial charge on any atom is -0.493 e. The van der Waals surface area contributed by atoms with Crippen LogP contribution in [0.2, 0.25) is 0 Å². The van der Waals surface area contributed by atoms with Crippen molar-refractivity contribution < 1.29 is 9.47 Å². The highest BCUT2D eigenvalue weighted by Crippen LogP contribution is 2.31. The Morgan fingerprint density at radius 2 is 2.13 bits per heavy atom. The van der Waals surface area contributed by atoms with Crippen LogP contribution in [0.25, 0.3) is 27.8 Å². The maximum atomic E-state index is 6.02. The molecular formula is C25H26N4O2. The number of rotatable bonds is 5. The first-order valence-corrected chi connectivity index (χ1v) is 11.0. The molecule has 2 aromatic heterocycles. The summed E-state index contributed by atoms with van der Waals surface area (Å²) in [5.41, 5.74) is 4.47. The molecule has 2 aliphatic rings. The molecule has 6 nitrogen and oxygen atoms in total. The summed E-state index contributed by atoms with van der Waals surface area (Å²) in [5, 5.41) is 4.65. The lowest BCUT2D eigenvalue weighted by molar-refractivity contribution is -0.120. The van der Waals surface area contributed by atoms with Crippen molar-refractivity contribution >= 4 is 21.9 Å². The number of para-hydroxylation sites is 1. The van der Waals surface area contributed by atoms with Crippen LogP contribution in [0, 0.1) is 5.41 Å². The van der Waals surface area contributed by atoms with Gasteiger partial charge in [0.15, 0.2) is 0 Å². The zero-order chi connectivity index (χ0) is 20.8. The summed E-state index contributed by atoms with van der Waals surface area (Å²) in [6, 6.07) is 16.8. The number of pyridine rings is 1. The second kappa shape index (κ2) is 7.32. The number of aromatic nitrogens is 3. The Hall–Kier alpha value is -2.96. The van der Waals surface area contributed by atoms with Gasteiger partial charge in [0.25, 0.3) is 0 Å². The molecule has 4 aromatic rings. The lowest BCUT2D eigenvalue weighted by atomic mass is 9.90. The van der Waals surface area contributed by atoms with Crippen LogP contribution in [0.1, 0.15) is 24.8 Å². The number of ether oxygens (including phenoxy) is 2. The molecule has 0 aliphatic carbocycles. The van der Waals surface area contributed by atoms with Gasteiger partial charge in [0.2, 0.25) is 0 Å². The number of hydrogen-bond donors (Lipinski definition) is 1. The van der Waals surface area contributed by atoms with Crippen LogP contribution in [-0.2, 0) is 4.74 Å². The van der Waals surface area contributed by atoms with E-state index in [2.05, 4.69) is 58.2 Å². The number of fused-ring (bicyclic) bond motifs is 2. The largest absolute Gasteiger partial charge is 0.493 e. The topological polar surface area (TPSA) is 61.2 Å². The second-order valence-corrected chi connectivity index (χ2v) is 9.14. The highest BCUT2D eigenvalue weighted by molar-refractivity contribution is 5.84. The fourth-order valence-electron chi connectivity index (χ4n) is 4.60. The third kappa shape index (κ3) is 3.36. The number of nitrogens with one attached hydrogen (secondary N) is 1. The fraction of sp³-hybridized carbons (Fsp3) is 0.360. The highest BCUT2D eigenvalue weighted by Gasteiger charge is 2.34. The van der Waals surface area contributed by atoms with Gasteiger partial charge in [0, 0.05) is 23.4 Å². The molecule has 1 atom stereocenters. The van der Waals surface area contributed by atoms with Gasteiger partial charge in [0.1, 0.15) is 17.9 Å². The van der Waals surface area contributed by atoms with E-state index in [1.165, 1.54) is 10.9 Å². The molecule has 1 N–H and O–H groups in total. The van der Waals surface area contributed by atoms with Gasteiger partial charge >= 0.3 is 0 Å². The van der Waals surface area contributed by atoms with Crippen LogP contribution in [0.15, 0.2) is 54.9 Å². The van der Waals surface area contributed by atoms with Crippen molar-refractivity contribution in [3.63, 3.8) is 0 Å². The van der Waals surface area contributed by atoms with Gasteiger partial charge in [-0.05, 0) is 48.7 Å². The molecule has 6 rings (SSSR count). The third-order valence-corrected chi connectivity index (χ3v) is 6.49. The average Bonchev–Trinajstić information content (AvgIpc) is 3.45. The van der Waals surface area contributed by atoms with Gasteiger partial charge in [-0.25, -0.2) is 9.97 Å². The van der Waals surface area contributed by atoms with Crippen molar-refractivity contribution in [3.05, 3.63) is 60.4 Å². The summed E-state index contributed by atoms with van der Waals surface area (Å²) >= 11 is 0. The maximum Gasteiger partial charge on any atom is 0.139 e. The molecule has 0 amide bonds. The molecule has 4 heterocycles. The highest BCUT2D eigenvalue weighted by atomic mass is 16.5. The first kappa shape index (κ1) is 18.8. The number of hydrogen-bond acceptors (Lipinski definition) is 5. The Morgan fingerprint density at radius 3 is 2.94 bits per heavy atom. The SMILES string of the molecule is CC1(COc2ccc3c(c2)ncn3-c2ccc3cccc(C4CCNC4)c3n2)COC1. The van der Waals surface area contributed by atoms with Gasteiger partial charge in [0.05, 0.1) is 36.4 Å². The Balaban J connectivity index is 1.34. The molecule has 0 saturated carbocycles. The summed E-state index contributed by atoms with van der Waals surface area (Å²) in [6.45, 7) is 6.46. The minimum absolute atomic E-state index is 0.121. The van der Waals surface area contributed by atoms with Crippen molar-refractivity contribution in [2.45, 2.75) is 19.3 Å². The Bertz CT molecular complexity index is 1260. The van der Waals surface area contributed by atoms with Crippen LogP contribution in [-0.4, -0.2) is 47.4 Å². The predicted molar refractivity (Wildman–Crippen MR) is 121 cm³/mol. The van der Waals surface area contributed by atoms with Crippen molar-refractivity contribution in [2.24, 2.45) is 5.41 Å². The molecule has 31 heavy (non-hydrogen) atoms. The third-order valence-electron chi connectivity index (χ3n) is 6.49. The number of benzene rings is 2. The summed E-state index contributed by atoms with van der Waals surface area (Å²) in [4.78, 5) is 9.69. The molecular weight excluding hydrogens is 388 g/mol. The van der Waals surface area contributed by atoms with Crippen molar-refractivity contribution in [1.29, 1.82) is 0 Å². The monoisotopic (exact) mass is 414 g/mol. The molecule has 2 aromatic carbocycles. The zero-order valence-corrected chi connectivity index (χ0v) is 17.7. The van der Waals surface area contributed by atoms with Gasteiger partial charge in [-0.2, -0.15) is 0 Å². The van der Waals surface area contributed by atoms with E-state index in [9.17, 15) is 0 Å². The first-order valence-electron chi connectivity index (χ1n) is 11.0. The van der Waals surface area contributed by atoms with Crippen molar-refractivity contribution in [2.75, 3.05) is 32.9 Å².